The van der Waals surface area contributed by atoms with Gasteiger partial charge in [0.1, 0.15) is 12.1 Å². The lowest BCUT2D eigenvalue weighted by atomic mass is 10.2. The third kappa shape index (κ3) is 2.43. The lowest BCUT2D eigenvalue weighted by Gasteiger charge is -2.01. The molecular weight excluding hydrogens is 283 g/mol. The van der Waals surface area contributed by atoms with E-state index in [2.05, 4.69) is 25.8 Å². The lowest BCUT2D eigenvalue weighted by molar-refractivity contribution is 0.626. The molecule has 1 aromatic carbocycles. The van der Waals surface area contributed by atoms with Gasteiger partial charge in [-0.2, -0.15) is 9.62 Å². The van der Waals surface area contributed by atoms with Crippen molar-refractivity contribution in [3.63, 3.8) is 0 Å². The van der Waals surface area contributed by atoms with Gasteiger partial charge in [-0.1, -0.05) is 17.7 Å². The molecule has 1 N–H and O–H groups in total. The van der Waals surface area contributed by atoms with E-state index in [1.807, 2.05) is 0 Å². The fourth-order valence-electron chi connectivity index (χ4n) is 1.59. The van der Waals surface area contributed by atoms with Crippen molar-refractivity contribution in [1.82, 2.24) is 19.8 Å². The summed E-state index contributed by atoms with van der Waals surface area (Å²) in [6.07, 6.45) is 2.77. The summed E-state index contributed by atoms with van der Waals surface area (Å²) in [4.78, 5) is 0. The van der Waals surface area contributed by atoms with E-state index in [0.29, 0.717) is 11.5 Å². The molecule has 2 aromatic heterocycles. The monoisotopic (exact) mass is 290 g/mol. The number of hydrogen-bond acceptors (Lipinski definition) is 5. The third-order valence-corrected chi connectivity index (χ3v) is 2.86. The van der Waals surface area contributed by atoms with Crippen molar-refractivity contribution < 1.29 is 4.39 Å². The summed E-state index contributed by atoms with van der Waals surface area (Å²) >= 11 is 5.88. The van der Waals surface area contributed by atoms with Gasteiger partial charge in [-0.25, -0.2) is 4.39 Å². The van der Waals surface area contributed by atoms with Crippen LogP contribution < -0.4 is 5.43 Å². The smallest absolute Gasteiger partial charge is 0.177 e. The summed E-state index contributed by atoms with van der Waals surface area (Å²) in [5, 5.41) is 15.9. The molecule has 0 spiro atoms. The van der Waals surface area contributed by atoms with Gasteiger partial charge in [0.25, 0.3) is 0 Å². The Hall–Kier alpha value is -2.54. The maximum absolute atomic E-state index is 13.5. The van der Waals surface area contributed by atoms with Crippen LogP contribution >= 0.6 is 11.6 Å². The number of aromatic nitrogens is 4. The average Bonchev–Trinajstić information content (AvgIpc) is 2.89. The number of nitrogens with zero attached hydrogens (tertiary/aromatic N) is 5. The first-order valence-electron chi connectivity index (χ1n) is 5.64. The molecule has 2 heterocycles. The van der Waals surface area contributed by atoms with E-state index in [1.165, 1.54) is 29.2 Å². The van der Waals surface area contributed by atoms with Crippen molar-refractivity contribution in [1.29, 1.82) is 0 Å². The molecule has 0 amide bonds. The molecule has 0 aliphatic rings. The zero-order chi connectivity index (χ0) is 13.9. The van der Waals surface area contributed by atoms with Gasteiger partial charge in [0.05, 0.1) is 11.2 Å². The van der Waals surface area contributed by atoms with E-state index >= 15 is 0 Å². The molecular formula is C12H8ClFN6. The van der Waals surface area contributed by atoms with Crippen LogP contribution in [-0.4, -0.2) is 26.0 Å². The van der Waals surface area contributed by atoms with Crippen LogP contribution in [0, 0.1) is 5.82 Å². The number of halogens is 2. The molecule has 20 heavy (non-hydrogen) atoms. The molecule has 0 aliphatic heterocycles. The van der Waals surface area contributed by atoms with Crippen LogP contribution in [0.3, 0.4) is 0 Å². The maximum atomic E-state index is 13.5. The van der Waals surface area contributed by atoms with Crippen LogP contribution in [0.25, 0.3) is 5.65 Å². The van der Waals surface area contributed by atoms with Gasteiger partial charge in [-0.05, 0) is 24.3 Å². The minimum Gasteiger partial charge on any atom is -0.260 e. The third-order valence-electron chi connectivity index (χ3n) is 2.53. The molecule has 0 radical (unpaired) electrons. The number of benzene rings is 1. The Bertz CT molecular complexity index is 764. The highest BCUT2D eigenvalue weighted by molar-refractivity contribution is 6.33. The first kappa shape index (κ1) is 12.5. The zero-order valence-electron chi connectivity index (χ0n) is 10.0. The number of fused-ring (bicyclic) bond motifs is 1. The number of anilines is 1. The van der Waals surface area contributed by atoms with Gasteiger partial charge in [0.2, 0.25) is 0 Å². The van der Waals surface area contributed by atoms with Crippen molar-refractivity contribution in [2.75, 3.05) is 5.43 Å². The van der Waals surface area contributed by atoms with Crippen molar-refractivity contribution in [2.24, 2.45) is 5.10 Å². The van der Waals surface area contributed by atoms with Crippen LogP contribution in [0.1, 0.15) is 5.56 Å². The normalized spacial score (nSPS) is 11.3. The fraction of sp³-hybridized carbons (Fsp3) is 0. The Morgan fingerprint density at radius 2 is 2.20 bits per heavy atom. The van der Waals surface area contributed by atoms with Crippen LogP contribution in [0.4, 0.5) is 10.2 Å². The van der Waals surface area contributed by atoms with E-state index in [1.54, 1.807) is 18.2 Å². The molecule has 0 bridgehead atoms. The second-order valence-corrected chi connectivity index (χ2v) is 4.26. The minimum absolute atomic E-state index is 0.215. The maximum Gasteiger partial charge on any atom is 0.177 e. The van der Waals surface area contributed by atoms with Gasteiger partial charge < -0.3 is 0 Å². The first-order chi connectivity index (χ1) is 9.74. The Morgan fingerprint density at radius 1 is 1.30 bits per heavy atom. The molecule has 0 saturated carbocycles. The summed E-state index contributed by atoms with van der Waals surface area (Å²) in [7, 11) is 0. The average molecular weight is 291 g/mol. The molecule has 8 heteroatoms. The topological polar surface area (TPSA) is 67.5 Å². The van der Waals surface area contributed by atoms with Crippen LogP contribution in [0.15, 0.2) is 41.8 Å². The van der Waals surface area contributed by atoms with E-state index in [4.69, 9.17) is 11.6 Å². The van der Waals surface area contributed by atoms with Gasteiger partial charge in [-0.3, -0.25) is 5.43 Å². The summed E-state index contributed by atoms with van der Waals surface area (Å²) in [5.74, 6) is 0.0336. The van der Waals surface area contributed by atoms with Crippen LogP contribution in [0.5, 0.6) is 0 Å². The molecule has 0 saturated heterocycles. The summed E-state index contributed by atoms with van der Waals surface area (Å²) in [6.45, 7) is 0. The molecule has 0 atom stereocenters. The number of hydrazone groups is 1. The predicted octanol–water partition coefficient (Wildman–Crippen LogP) is 2.36. The van der Waals surface area contributed by atoms with Crippen molar-refractivity contribution in [3.05, 3.63) is 53.1 Å². The molecule has 6 nitrogen and oxygen atoms in total. The van der Waals surface area contributed by atoms with Gasteiger partial charge in [0.15, 0.2) is 11.5 Å². The van der Waals surface area contributed by atoms with E-state index < -0.39 is 5.82 Å². The lowest BCUT2D eigenvalue weighted by Crippen LogP contribution is -1.99. The molecule has 0 fully saturated rings. The second kappa shape index (κ2) is 5.22. The van der Waals surface area contributed by atoms with Crippen molar-refractivity contribution in [2.45, 2.75) is 0 Å². The summed E-state index contributed by atoms with van der Waals surface area (Å²) in [6, 6.07) is 7.85. The van der Waals surface area contributed by atoms with E-state index in [0.717, 1.165) is 0 Å². The van der Waals surface area contributed by atoms with E-state index in [9.17, 15) is 4.39 Å². The Morgan fingerprint density at radius 3 is 3.05 bits per heavy atom. The summed E-state index contributed by atoms with van der Waals surface area (Å²) < 4.78 is 15.0. The highest BCUT2D eigenvalue weighted by Crippen LogP contribution is 2.16. The van der Waals surface area contributed by atoms with Crippen LogP contribution in [-0.2, 0) is 0 Å². The Labute approximate surface area is 117 Å². The SMILES string of the molecule is Fc1cccc(Cl)c1C=NNc1ccc2nncn2n1. The molecule has 3 aromatic rings. The first-order valence-corrected chi connectivity index (χ1v) is 6.02. The van der Waals surface area contributed by atoms with Crippen molar-refractivity contribution >= 4 is 29.3 Å². The largest absolute Gasteiger partial charge is 0.260 e. The fourth-order valence-corrected chi connectivity index (χ4v) is 1.80. The summed E-state index contributed by atoms with van der Waals surface area (Å²) in [5.41, 5.74) is 3.52. The highest BCUT2D eigenvalue weighted by atomic mass is 35.5. The molecule has 0 aliphatic carbocycles. The quantitative estimate of drug-likeness (QED) is 0.594. The number of rotatable bonds is 3. The van der Waals surface area contributed by atoms with Gasteiger partial charge >= 0.3 is 0 Å². The predicted molar refractivity (Wildman–Crippen MR) is 73.4 cm³/mol. The van der Waals surface area contributed by atoms with Crippen LogP contribution in [0.2, 0.25) is 5.02 Å². The number of nitrogens with one attached hydrogen (secondary N) is 1. The van der Waals surface area contributed by atoms with Crippen molar-refractivity contribution in [3.8, 4) is 0 Å². The standard InChI is InChI=1S/C12H8ClFN6/c13-9-2-1-3-10(14)8(9)6-15-17-11-4-5-12-18-16-7-20(12)19-11/h1-7H,(H,17,19). The second-order valence-electron chi connectivity index (χ2n) is 3.86. The minimum atomic E-state index is -0.440. The van der Waals surface area contributed by atoms with E-state index in [-0.39, 0.29) is 10.6 Å². The van der Waals surface area contributed by atoms with Gasteiger partial charge in [0, 0.05) is 5.56 Å². The zero-order valence-corrected chi connectivity index (χ0v) is 10.8. The highest BCUT2D eigenvalue weighted by Gasteiger charge is 2.03. The Kier molecular flexibility index (Phi) is 3.26. The Balaban J connectivity index is 1.80. The van der Waals surface area contributed by atoms with Gasteiger partial charge in [-0.15, -0.1) is 15.3 Å². The number of hydrogen-bond donors (Lipinski definition) is 1. The molecule has 3 rings (SSSR count). The molecule has 0 unspecified atom stereocenters. The molecule has 100 valence electrons.